The van der Waals surface area contributed by atoms with Crippen molar-refractivity contribution >= 4 is 18.0 Å². The molecule has 9 heteroatoms. The Labute approximate surface area is 198 Å². The van der Waals surface area contributed by atoms with E-state index in [9.17, 15) is 19.5 Å². The van der Waals surface area contributed by atoms with E-state index in [1.165, 1.54) is 7.11 Å². The molecule has 0 aromatic heterocycles. The molecule has 0 bridgehead atoms. The number of aliphatic carboxylic acids is 1. The highest BCUT2D eigenvalue weighted by molar-refractivity contribution is 5.89. The van der Waals surface area contributed by atoms with Crippen LogP contribution in [0.5, 0.6) is 0 Å². The summed E-state index contributed by atoms with van der Waals surface area (Å²) in [7, 11) is 1.47. The van der Waals surface area contributed by atoms with Crippen molar-refractivity contribution in [1.29, 1.82) is 0 Å². The first-order valence-corrected chi connectivity index (χ1v) is 11.0. The van der Waals surface area contributed by atoms with Gasteiger partial charge in [0.1, 0.15) is 18.7 Å². The van der Waals surface area contributed by atoms with E-state index in [2.05, 4.69) is 10.6 Å². The number of hydrogen-bond acceptors (Lipinski definition) is 6. The summed E-state index contributed by atoms with van der Waals surface area (Å²) in [6.07, 6.45) is -0.762. The number of nitrogens with one attached hydrogen (secondary N) is 2. The highest BCUT2D eigenvalue weighted by Crippen LogP contribution is 2.44. The molecule has 0 radical (unpaired) electrons. The number of ether oxygens (including phenoxy) is 2. The monoisotopic (exact) mass is 470 g/mol. The Kier molecular flexibility index (Phi) is 7.90. The molecule has 2 atom stereocenters. The zero-order valence-corrected chi connectivity index (χ0v) is 19.4. The number of aliphatic hydroxyl groups is 1. The van der Waals surface area contributed by atoms with Crippen LogP contribution in [-0.2, 0) is 19.1 Å². The molecule has 0 spiro atoms. The fraction of sp³-hybridized carbons (Fsp3) is 0.400. The van der Waals surface area contributed by atoms with Crippen LogP contribution in [0.1, 0.15) is 37.3 Å². The third-order valence-electron chi connectivity index (χ3n) is 6.00. The summed E-state index contributed by atoms with van der Waals surface area (Å²) in [6, 6.07) is 13.2. The number of methoxy groups -OCH3 is 1. The number of hydrogen-bond donors (Lipinski definition) is 4. The van der Waals surface area contributed by atoms with Crippen molar-refractivity contribution in [2.24, 2.45) is 0 Å². The summed E-state index contributed by atoms with van der Waals surface area (Å²) in [5.74, 6) is -2.30. The Balaban J connectivity index is 1.71. The van der Waals surface area contributed by atoms with Crippen LogP contribution in [0.25, 0.3) is 11.1 Å². The number of carbonyl (C=O) groups excluding carboxylic acids is 2. The summed E-state index contributed by atoms with van der Waals surface area (Å²) in [6.45, 7) is 2.74. The molecule has 34 heavy (non-hydrogen) atoms. The molecule has 1 aliphatic rings. The maximum Gasteiger partial charge on any atom is 0.407 e. The van der Waals surface area contributed by atoms with E-state index in [1.54, 1.807) is 13.8 Å². The van der Waals surface area contributed by atoms with E-state index in [0.29, 0.717) is 0 Å². The number of aliphatic hydroxyl groups excluding tert-OH is 1. The predicted octanol–water partition coefficient (Wildman–Crippen LogP) is 2.27. The second-order valence-electron chi connectivity index (χ2n) is 8.77. The Hall–Kier alpha value is -3.43. The summed E-state index contributed by atoms with van der Waals surface area (Å²) in [5, 5.41) is 23.1. The average molecular weight is 471 g/mol. The van der Waals surface area contributed by atoms with Gasteiger partial charge in [-0.3, -0.25) is 4.79 Å². The molecule has 1 aliphatic carbocycles. The van der Waals surface area contributed by atoms with E-state index in [0.717, 1.165) is 22.3 Å². The summed E-state index contributed by atoms with van der Waals surface area (Å²) in [4.78, 5) is 36.6. The first kappa shape index (κ1) is 25.2. The zero-order valence-electron chi connectivity index (χ0n) is 19.4. The van der Waals surface area contributed by atoms with Crippen LogP contribution >= 0.6 is 0 Å². The van der Waals surface area contributed by atoms with Crippen molar-refractivity contribution in [1.82, 2.24) is 10.6 Å². The first-order chi connectivity index (χ1) is 16.2. The summed E-state index contributed by atoms with van der Waals surface area (Å²) < 4.78 is 10.9. The van der Waals surface area contributed by atoms with Gasteiger partial charge >= 0.3 is 12.1 Å². The predicted molar refractivity (Wildman–Crippen MR) is 124 cm³/mol. The van der Waals surface area contributed by atoms with E-state index in [1.807, 2.05) is 48.5 Å². The third kappa shape index (κ3) is 5.73. The Bertz CT molecular complexity index is 1010. The number of fused-ring (bicyclic) bond motifs is 3. The van der Waals surface area contributed by atoms with Gasteiger partial charge in [0.25, 0.3) is 0 Å². The standard InChI is InChI=1S/C25H30N2O7/c1-25(2,33-3)12-20(22(29)26-21(13-28)23(30)31)27-24(32)34-14-19-17-10-6-4-8-15(17)16-9-5-7-11-18(16)19/h4-11,19-21,28H,12-14H2,1-3H3,(H,26,29)(H,27,32)(H,30,31). The van der Waals surface area contributed by atoms with Gasteiger partial charge in [0.05, 0.1) is 12.2 Å². The van der Waals surface area contributed by atoms with Gasteiger partial charge in [-0.2, -0.15) is 0 Å². The first-order valence-electron chi connectivity index (χ1n) is 11.0. The van der Waals surface area contributed by atoms with Crippen LogP contribution in [-0.4, -0.2) is 66.2 Å². The van der Waals surface area contributed by atoms with E-state index < -0.39 is 42.3 Å². The molecule has 4 N–H and O–H groups in total. The van der Waals surface area contributed by atoms with Crippen molar-refractivity contribution in [2.75, 3.05) is 20.3 Å². The van der Waals surface area contributed by atoms with Gasteiger partial charge in [-0.1, -0.05) is 48.5 Å². The zero-order chi connectivity index (χ0) is 24.9. The van der Waals surface area contributed by atoms with E-state index in [-0.39, 0.29) is 18.9 Å². The maximum absolute atomic E-state index is 12.7. The molecular weight excluding hydrogens is 440 g/mol. The van der Waals surface area contributed by atoms with E-state index >= 15 is 0 Å². The lowest BCUT2D eigenvalue weighted by Crippen LogP contribution is -2.54. The van der Waals surface area contributed by atoms with Crippen LogP contribution < -0.4 is 10.6 Å². The van der Waals surface area contributed by atoms with Gasteiger partial charge in [0.2, 0.25) is 5.91 Å². The molecule has 2 aromatic carbocycles. The normalized spacial score (nSPS) is 14.5. The topological polar surface area (TPSA) is 134 Å². The molecule has 182 valence electrons. The van der Waals surface area contributed by atoms with Gasteiger partial charge in [0.15, 0.2) is 0 Å². The second-order valence-corrected chi connectivity index (χ2v) is 8.77. The summed E-state index contributed by atoms with van der Waals surface area (Å²) in [5.41, 5.74) is 3.50. The van der Waals surface area contributed by atoms with Crippen LogP contribution in [0.4, 0.5) is 4.79 Å². The second kappa shape index (κ2) is 10.7. The number of carbonyl (C=O) groups is 3. The SMILES string of the molecule is COC(C)(C)CC(NC(=O)OCC1c2ccccc2-c2ccccc21)C(=O)NC(CO)C(=O)O. The number of carboxylic acids is 1. The molecule has 0 aliphatic heterocycles. The van der Waals surface area contributed by atoms with Crippen molar-refractivity contribution in [3.8, 4) is 11.1 Å². The smallest absolute Gasteiger partial charge is 0.407 e. The van der Waals surface area contributed by atoms with Crippen LogP contribution in [0.2, 0.25) is 0 Å². The minimum atomic E-state index is -1.50. The highest BCUT2D eigenvalue weighted by atomic mass is 16.5. The number of alkyl carbamates (subject to hydrolysis) is 1. The van der Waals surface area contributed by atoms with Gasteiger partial charge in [-0.25, -0.2) is 9.59 Å². The molecule has 9 nitrogen and oxygen atoms in total. The largest absolute Gasteiger partial charge is 0.480 e. The Morgan fingerprint density at radius 3 is 2.03 bits per heavy atom. The van der Waals surface area contributed by atoms with Crippen molar-refractivity contribution in [3.05, 3.63) is 59.7 Å². The molecule has 0 saturated heterocycles. The molecule has 2 unspecified atom stereocenters. The molecular formula is C25H30N2O7. The van der Waals surface area contributed by atoms with E-state index in [4.69, 9.17) is 14.6 Å². The van der Waals surface area contributed by atoms with Crippen molar-refractivity contribution in [2.45, 2.75) is 43.9 Å². The number of rotatable bonds is 10. The molecule has 2 amide bonds. The quantitative estimate of drug-likeness (QED) is 0.418. The molecule has 0 heterocycles. The minimum Gasteiger partial charge on any atom is -0.480 e. The lowest BCUT2D eigenvalue weighted by molar-refractivity contribution is -0.143. The van der Waals surface area contributed by atoms with Crippen LogP contribution in [0.15, 0.2) is 48.5 Å². The number of carboxylic acid groups (broad SMARTS) is 1. The average Bonchev–Trinajstić information content (AvgIpc) is 3.14. The number of benzene rings is 2. The lowest BCUT2D eigenvalue weighted by Gasteiger charge is -2.29. The Morgan fingerprint density at radius 2 is 1.53 bits per heavy atom. The van der Waals surface area contributed by atoms with Gasteiger partial charge in [-0.05, 0) is 36.1 Å². The molecule has 2 aromatic rings. The van der Waals surface area contributed by atoms with Crippen LogP contribution in [0, 0.1) is 0 Å². The van der Waals surface area contributed by atoms with Gasteiger partial charge in [0, 0.05) is 19.4 Å². The van der Waals surface area contributed by atoms with Gasteiger partial charge in [-0.15, -0.1) is 0 Å². The van der Waals surface area contributed by atoms with Gasteiger partial charge < -0.3 is 30.3 Å². The maximum atomic E-state index is 12.7. The minimum absolute atomic E-state index is 0.0529. The van der Waals surface area contributed by atoms with Crippen molar-refractivity contribution in [3.63, 3.8) is 0 Å². The van der Waals surface area contributed by atoms with Crippen LogP contribution in [0.3, 0.4) is 0 Å². The molecule has 0 saturated carbocycles. The lowest BCUT2D eigenvalue weighted by atomic mass is 9.98. The fourth-order valence-electron chi connectivity index (χ4n) is 4.02. The Morgan fingerprint density at radius 1 is 0.971 bits per heavy atom. The molecule has 0 fully saturated rings. The highest BCUT2D eigenvalue weighted by Gasteiger charge is 2.33. The van der Waals surface area contributed by atoms with Crippen molar-refractivity contribution < 1.29 is 34.1 Å². The molecule has 3 rings (SSSR count). The fourth-order valence-corrected chi connectivity index (χ4v) is 4.02. The third-order valence-corrected chi connectivity index (χ3v) is 6.00. The number of amides is 2. The summed E-state index contributed by atoms with van der Waals surface area (Å²) >= 11 is 0.